The van der Waals surface area contributed by atoms with Crippen LogP contribution in [0.3, 0.4) is 0 Å². The van der Waals surface area contributed by atoms with Gasteiger partial charge < -0.3 is 10.0 Å². The topological polar surface area (TPSA) is 43.8 Å². The smallest absolute Gasteiger partial charge is 0.317 e. The Labute approximate surface area is 91.9 Å². The molecule has 0 aliphatic heterocycles. The first-order valence-electron chi connectivity index (χ1n) is 5.67. The summed E-state index contributed by atoms with van der Waals surface area (Å²) < 4.78 is 0. The highest BCUT2D eigenvalue weighted by atomic mass is 16.4. The fraction of sp³-hybridized carbons (Fsp3) is 0.909. The summed E-state index contributed by atoms with van der Waals surface area (Å²) >= 11 is 0. The lowest BCUT2D eigenvalue weighted by Crippen LogP contribution is -2.33. The molecule has 1 aliphatic rings. The molecule has 0 spiro atoms. The average Bonchev–Trinajstić information content (AvgIpc) is 2.86. The highest BCUT2D eigenvalue weighted by Gasteiger charge is 2.24. The van der Waals surface area contributed by atoms with Crippen LogP contribution in [-0.2, 0) is 4.79 Å². The van der Waals surface area contributed by atoms with Gasteiger partial charge in [0.1, 0.15) is 0 Å². The summed E-state index contributed by atoms with van der Waals surface area (Å²) in [5.74, 6) is 0.0595. The number of nitrogens with zero attached hydrogens (tertiary/aromatic N) is 2. The molecule has 0 aromatic rings. The molecule has 0 amide bonds. The van der Waals surface area contributed by atoms with Gasteiger partial charge in [0.15, 0.2) is 0 Å². The van der Waals surface area contributed by atoms with Gasteiger partial charge in [-0.15, -0.1) is 0 Å². The van der Waals surface area contributed by atoms with Gasteiger partial charge in [-0.1, -0.05) is 0 Å². The zero-order valence-electron chi connectivity index (χ0n) is 9.78. The van der Waals surface area contributed by atoms with Crippen molar-refractivity contribution in [3.05, 3.63) is 0 Å². The second-order valence-corrected chi connectivity index (χ2v) is 4.73. The highest BCUT2D eigenvalue weighted by Crippen LogP contribution is 2.29. The first kappa shape index (κ1) is 12.5. The standard InChI is InChI=1S/C11H22N2O2/c1-12(2)6-3-7-13(9-11(14)15)8-10-4-5-10/h10H,3-9H2,1-2H3,(H,14,15). The summed E-state index contributed by atoms with van der Waals surface area (Å²) in [4.78, 5) is 14.9. The van der Waals surface area contributed by atoms with Gasteiger partial charge in [-0.25, -0.2) is 0 Å². The fourth-order valence-corrected chi connectivity index (χ4v) is 1.70. The summed E-state index contributed by atoms with van der Waals surface area (Å²) in [7, 11) is 4.09. The minimum absolute atomic E-state index is 0.198. The minimum atomic E-state index is -0.708. The van der Waals surface area contributed by atoms with Gasteiger partial charge in [0, 0.05) is 6.54 Å². The largest absolute Gasteiger partial charge is 0.480 e. The molecular weight excluding hydrogens is 192 g/mol. The van der Waals surface area contributed by atoms with Crippen molar-refractivity contribution in [2.24, 2.45) is 5.92 Å². The Bertz CT molecular complexity index is 203. The predicted octanol–water partition coefficient (Wildman–Crippen LogP) is 0.735. The van der Waals surface area contributed by atoms with Gasteiger partial charge >= 0.3 is 5.97 Å². The van der Waals surface area contributed by atoms with E-state index >= 15 is 0 Å². The molecule has 15 heavy (non-hydrogen) atoms. The maximum absolute atomic E-state index is 10.7. The van der Waals surface area contributed by atoms with Crippen molar-refractivity contribution in [1.29, 1.82) is 0 Å². The van der Waals surface area contributed by atoms with Crippen molar-refractivity contribution in [3.8, 4) is 0 Å². The van der Waals surface area contributed by atoms with E-state index in [1.165, 1.54) is 12.8 Å². The Morgan fingerprint density at radius 1 is 1.33 bits per heavy atom. The van der Waals surface area contributed by atoms with Crippen molar-refractivity contribution >= 4 is 5.97 Å². The lowest BCUT2D eigenvalue weighted by atomic mass is 10.3. The molecule has 0 bridgehead atoms. The monoisotopic (exact) mass is 214 g/mol. The van der Waals surface area contributed by atoms with Crippen LogP contribution in [-0.4, -0.2) is 61.2 Å². The maximum Gasteiger partial charge on any atom is 0.317 e. The molecule has 0 unspecified atom stereocenters. The average molecular weight is 214 g/mol. The molecule has 0 aromatic carbocycles. The molecule has 4 heteroatoms. The number of aliphatic carboxylic acids is 1. The van der Waals surface area contributed by atoms with E-state index in [0.717, 1.165) is 32.0 Å². The van der Waals surface area contributed by atoms with E-state index in [-0.39, 0.29) is 6.54 Å². The van der Waals surface area contributed by atoms with E-state index < -0.39 is 5.97 Å². The van der Waals surface area contributed by atoms with Crippen LogP contribution in [0.2, 0.25) is 0 Å². The maximum atomic E-state index is 10.7. The van der Waals surface area contributed by atoms with Gasteiger partial charge in [0.05, 0.1) is 6.54 Å². The van der Waals surface area contributed by atoms with Crippen molar-refractivity contribution in [2.45, 2.75) is 19.3 Å². The third kappa shape index (κ3) is 6.47. The Hall–Kier alpha value is -0.610. The van der Waals surface area contributed by atoms with Gasteiger partial charge in [0.2, 0.25) is 0 Å². The Morgan fingerprint density at radius 3 is 2.47 bits per heavy atom. The van der Waals surface area contributed by atoms with E-state index in [1.807, 2.05) is 14.1 Å². The molecule has 4 nitrogen and oxygen atoms in total. The molecule has 88 valence electrons. The fourth-order valence-electron chi connectivity index (χ4n) is 1.70. The van der Waals surface area contributed by atoms with Crippen molar-refractivity contribution in [1.82, 2.24) is 9.80 Å². The zero-order valence-corrected chi connectivity index (χ0v) is 9.78. The van der Waals surface area contributed by atoms with Crippen LogP contribution in [0, 0.1) is 5.92 Å². The molecule has 0 saturated heterocycles. The van der Waals surface area contributed by atoms with Gasteiger partial charge in [-0.2, -0.15) is 0 Å². The van der Waals surface area contributed by atoms with E-state index in [9.17, 15) is 4.79 Å². The van der Waals surface area contributed by atoms with Crippen LogP contribution in [0.15, 0.2) is 0 Å². The van der Waals surface area contributed by atoms with E-state index in [1.54, 1.807) is 0 Å². The van der Waals surface area contributed by atoms with Gasteiger partial charge in [-0.05, 0) is 52.4 Å². The molecule has 0 heterocycles. The SMILES string of the molecule is CN(C)CCCN(CC(=O)O)CC1CC1. The van der Waals surface area contributed by atoms with Crippen molar-refractivity contribution in [3.63, 3.8) is 0 Å². The number of carboxylic acid groups (broad SMARTS) is 1. The van der Waals surface area contributed by atoms with Crippen molar-refractivity contribution < 1.29 is 9.90 Å². The van der Waals surface area contributed by atoms with E-state index in [0.29, 0.717) is 0 Å². The lowest BCUT2D eigenvalue weighted by Gasteiger charge is -2.20. The van der Waals surface area contributed by atoms with Gasteiger partial charge in [-0.3, -0.25) is 9.69 Å². The van der Waals surface area contributed by atoms with Crippen LogP contribution < -0.4 is 0 Å². The van der Waals surface area contributed by atoms with Crippen LogP contribution in [0.25, 0.3) is 0 Å². The van der Waals surface area contributed by atoms with E-state index in [2.05, 4.69) is 9.80 Å². The number of carboxylic acids is 1. The first-order chi connectivity index (χ1) is 7.08. The molecule has 1 aliphatic carbocycles. The Balaban J connectivity index is 2.17. The van der Waals surface area contributed by atoms with Crippen LogP contribution in [0.4, 0.5) is 0 Å². The molecule has 0 aromatic heterocycles. The third-order valence-electron chi connectivity index (χ3n) is 2.65. The number of hydrogen-bond donors (Lipinski definition) is 1. The van der Waals surface area contributed by atoms with E-state index in [4.69, 9.17) is 5.11 Å². The molecule has 1 N–H and O–H groups in total. The Kier molecular flexibility index (Phi) is 5.05. The summed E-state index contributed by atoms with van der Waals surface area (Å²) in [5.41, 5.74) is 0. The second kappa shape index (κ2) is 6.08. The minimum Gasteiger partial charge on any atom is -0.480 e. The third-order valence-corrected chi connectivity index (χ3v) is 2.65. The number of hydrogen-bond acceptors (Lipinski definition) is 3. The summed E-state index contributed by atoms with van der Waals surface area (Å²) in [6.45, 7) is 3.10. The quantitative estimate of drug-likeness (QED) is 0.647. The zero-order chi connectivity index (χ0) is 11.3. The van der Waals surface area contributed by atoms with Crippen LogP contribution in [0.5, 0.6) is 0 Å². The van der Waals surface area contributed by atoms with Gasteiger partial charge in [0.25, 0.3) is 0 Å². The molecule has 0 atom stereocenters. The summed E-state index contributed by atoms with van der Waals surface area (Å²) in [6.07, 6.45) is 3.61. The second-order valence-electron chi connectivity index (χ2n) is 4.73. The first-order valence-corrected chi connectivity index (χ1v) is 5.67. The number of rotatable bonds is 8. The molecule has 1 saturated carbocycles. The lowest BCUT2D eigenvalue weighted by molar-refractivity contribution is -0.138. The highest BCUT2D eigenvalue weighted by molar-refractivity contribution is 5.69. The summed E-state index contributed by atoms with van der Waals surface area (Å²) in [6, 6.07) is 0. The molecule has 0 radical (unpaired) electrons. The normalized spacial score (nSPS) is 16.3. The number of carbonyl (C=O) groups is 1. The van der Waals surface area contributed by atoms with Crippen LogP contribution in [0.1, 0.15) is 19.3 Å². The molecule has 1 rings (SSSR count). The summed E-state index contributed by atoms with van der Waals surface area (Å²) in [5, 5.41) is 8.77. The molecule has 1 fully saturated rings. The van der Waals surface area contributed by atoms with Crippen LogP contribution >= 0.6 is 0 Å². The Morgan fingerprint density at radius 2 is 2.00 bits per heavy atom. The van der Waals surface area contributed by atoms with Crippen molar-refractivity contribution in [2.75, 3.05) is 40.3 Å². The predicted molar refractivity (Wildman–Crippen MR) is 60.0 cm³/mol. The molecular formula is C11H22N2O2.